The molecule has 21 heavy (non-hydrogen) atoms. The van der Waals surface area contributed by atoms with Crippen LogP contribution in [0.4, 0.5) is 0 Å². The van der Waals surface area contributed by atoms with Gasteiger partial charge in [-0.2, -0.15) is 0 Å². The molecule has 1 saturated heterocycles. The van der Waals surface area contributed by atoms with Crippen LogP contribution < -0.4 is 4.74 Å². The van der Waals surface area contributed by atoms with E-state index in [0.717, 1.165) is 57.7 Å². The third kappa shape index (κ3) is 3.21. The number of carboxylic acids is 1. The lowest BCUT2D eigenvalue weighted by molar-refractivity contribution is -0.145. The summed E-state index contributed by atoms with van der Waals surface area (Å²) in [5.74, 6) is 0.762. The molecule has 114 valence electrons. The zero-order chi connectivity index (χ0) is 14.7. The molecule has 2 fully saturated rings. The molecule has 1 aromatic carbocycles. The summed E-state index contributed by atoms with van der Waals surface area (Å²) in [6.45, 7) is 3.51. The fourth-order valence-electron chi connectivity index (χ4n) is 3.43. The Morgan fingerprint density at radius 2 is 2.14 bits per heavy atom. The van der Waals surface area contributed by atoms with Crippen LogP contribution in [0.25, 0.3) is 0 Å². The van der Waals surface area contributed by atoms with Gasteiger partial charge >= 0.3 is 5.97 Å². The van der Waals surface area contributed by atoms with Gasteiger partial charge in [-0.15, -0.1) is 0 Å². The van der Waals surface area contributed by atoms with E-state index in [1.807, 2.05) is 30.3 Å². The number of piperidine rings is 1. The summed E-state index contributed by atoms with van der Waals surface area (Å²) < 4.78 is 5.67. The number of carbonyl (C=O) groups is 1. The van der Waals surface area contributed by atoms with Crippen LogP contribution in [0.1, 0.15) is 25.7 Å². The number of nitrogens with zero attached hydrogens (tertiary/aromatic N) is 1. The molecule has 0 spiro atoms. The van der Waals surface area contributed by atoms with Gasteiger partial charge < -0.3 is 14.7 Å². The number of unbranched alkanes of at least 4 members (excludes halogenated alkanes) is 1. The van der Waals surface area contributed by atoms with Gasteiger partial charge in [0, 0.05) is 6.54 Å². The monoisotopic (exact) mass is 289 g/mol. The van der Waals surface area contributed by atoms with Crippen LogP contribution in [0.15, 0.2) is 30.3 Å². The van der Waals surface area contributed by atoms with Crippen LogP contribution in [-0.2, 0) is 4.79 Å². The fourth-order valence-corrected chi connectivity index (χ4v) is 3.43. The lowest BCUT2D eigenvalue weighted by atomic mass is 9.97. The second kappa shape index (κ2) is 6.06. The van der Waals surface area contributed by atoms with Gasteiger partial charge in [0.15, 0.2) is 0 Å². The SMILES string of the molecule is O=C(O)C12CC1CCN(CCCCOc1ccccc1)C2. The molecule has 3 rings (SSSR count). The molecule has 0 bridgehead atoms. The molecular formula is C17H23NO3. The van der Waals surface area contributed by atoms with Crippen molar-refractivity contribution in [1.29, 1.82) is 0 Å². The molecule has 0 aromatic heterocycles. The number of carboxylic acid groups (broad SMARTS) is 1. The molecular weight excluding hydrogens is 266 g/mol. The number of hydrogen-bond donors (Lipinski definition) is 1. The molecule has 2 aliphatic rings. The number of fused-ring (bicyclic) bond motifs is 1. The van der Waals surface area contributed by atoms with E-state index in [1.165, 1.54) is 0 Å². The van der Waals surface area contributed by atoms with E-state index in [2.05, 4.69) is 4.90 Å². The lowest BCUT2D eigenvalue weighted by Crippen LogP contribution is -2.41. The first kappa shape index (κ1) is 14.4. The Morgan fingerprint density at radius 1 is 1.33 bits per heavy atom. The first-order valence-corrected chi connectivity index (χ1v) is 7.84. The van der Waals surface area contributed by atoms with Gasteiger partial charge in [-0.25, -0.2) is 0 Å². The molecule has 2 unspecified atom stereocenters. The first-order valence-electron chi connectivity index (χ1n) is 7.84. The number of para-hydroxylation sites is 1. The average Bonchev–Trinajstić information content (AvgIpc) is 3.23. The zero-order valence-electron chi connectivity index (χ0n) is 12.3. The van der Waals surface area contributed by atoms with Crippen molar-refractivity contribution in [2.45, 2.75) is 25.7 Å². The molecule has 1 heterocycles. The highest BCUT2D eigenvalue weighted by atomic mass is 16.5. The standard InChI is InChI=1S/C17H23NO3/c19-16(20)17-12-14(17)8-10-18(13-17)9-4-5-11-21-15-6-2-1-3-7-15/h1-3,6-7,14H,4-5,8-13H2,(H,19,20). The maximum absolute atomic E-state index is 11.3. The molecule has 2 atom stereocenters. The quantitative estimate of drug-likeness (QED) is 0.784. The van der Waals surface area contributed by atoms with Crippen LogP contribution in [0, 0.1) is 11.3 Å². The second-order valence-corrected chi connectivity index (χ2v) is 6.30. The molecule has 4 heteroatoms. The number of benzene rings is 1. The van der Waals surface area contributed by atoms with Crippen molar-refractivity contribution in [2.24, 2.45) is 11.3 Å². The molecule has 1 aromatic rings. The number of hydrogen-bond acceptors (Lipinski definition) is 3. The Hall–Kier alpha value is -1.55. The minimum Gasteiger partial charge on any atom is -0.494 e. The van der Waals surface area contributed by atoms with Crippen LogP contribution in [-0.4, -0.2) is 42.2 Å². The molecule has 1 aliphatic carbocycles. The zero-order valence-corrected chi connectivity index (χ0v) is 12.3. The van der Waals surface area contributed by atoms with Gasteiger partial charge in [0.1, 0.15) is 5.75 Å². The van der Waals surface area contributed by atoms with E-state index in [0.29, 0.717) is 5.92 Å². The average molecular weight is 289 g/mol. The molecule has 1 saturated carbocycles. The summed E-state index contributed by atoms with van der Waals surface area (Å²) in [7, 11) is 0. The van der Waals surface area contributed by atoms with E-state index < -0.39 is 11.4 Å². The predicted octanol–water partition coefficient (Wildman–Crippen LogP) is 2.64. The fraction of sp³-hybridized carbons (Fsp3) is 0.588. The van der Waals surface area contributed by atoms with Gasteiger partial charge in [0.05, 0.1) is 12.0 Å². The molecule has 1 N–H and O–H groups in total. The normalized spacial score (nSPS) is 27.9. The van der Waals surface area contributed by atoms with Crippen molar-refractivity contribution in [2.75, 3.05) is 26.2 Å². The van der Waals surface area contributed by atoms with Crippen LogP contribution in [0.3, 0.4) is 0 Å². The van der Waals surface area contributed by atoms with Crippen molar-refractivity contribution < 1.29 is 14.6 Å². The van der Waals surface area contributed by atoms with E-state index in [-0.39, 0.29) is 0 Å². The maximum Gasteiger partial charge on any atom is 0.311 e. The summed E-state index contributed by atoms with van der Waals surface area (Å²) in [5.41, 5.74) is -0.404. The topological polar surface area (TPSA) is 49.8 Å². The van der Waals surface area contributed by atoms with Crippen molar-refractivity contribution in [3.8, 4) is 5.75 Å². The van der Waals surface area contributed by atoms with Crippen LogP contribution in [0.2, 0.25) is 0 Å². The van der Waals surface area contributed by atoms with E-state index in [9.17, 15) is 9.90 Å². The Bertz CT molecular complexity index is 490. The Labute approximate surface area is 125 Å². The molecule has 1 aliphatic heterocycles. The highest BCUT2D eigenvalue weighted by Gasteiger charge is 2.62. The molecule has 0 radical (unpaired) electrons. The molecule has 4 nitrogen and oxygen atoms in total. The number of rotatable bonds is 7. The Kier molecular flexibility index (Phi) is 4.15. The summed E-state index contributed by atoms with van der Waals surface area (Å²) in [4.78, 5) is 13.7. The summed E-state index contributed by atoms with van der Waals surface area (Å²) in [5, 5.41) is 9.35. The number of aliphatic carboxylic acids is 1. The summed E-state index contributed by atoms with van der Waals surface area (Å²) >= 11 is 0. The highest BCUT2D eigenvalue weighted by molar-refractivity contribution is 5.79. The summed E-state index contributed by atoms with van der Waals surface area (Å²) in [6, 6.07) is 9.86. The number of ether oxygens (including phenoxy) is 1. The minimum atomic E-state index is -0.593. The van der Waals surface area contributed by atoms with Crippen LogP contribution >= 0.6 is 0 Å². The lowest BCUT2D eigenvalue weighted by Gasteiger charge is -2.30. The van der Waals surface area contributed by atoms with Gasteiger partial charge in [0.2, 0.25) is 0 Å². The highest BCUT2D eigenvalue weighted by Crippen LogP contribution is 2.57. The summed E-state index contributed by atoms with van der Waals surface area (Å²) in [6.07, 6.45) is 4.00. The third-order valence-electron chi connectivity index (χ3n) is 4.84. The van der Waals surface area contributed by atoms with Gasteiger partial charge in [-0.1, -0.05) is 18.2 Å². The minimum absolute atomic E-state index is 0.404. The van der Waals surface area contributed by atoms with Gasteiger partial charge in [-0.3, -0.25) is 4.79 Å². The van der Waals surface area contributed by atoms with Crippen molar-refractivity contribution in [3.05, 3.63) is 30.3 Å². The van der Waals surface area contributed by atoms with Crippen molar-refractivity contribution >= 4 is 5.97 Å². The van der Waals surface area contributed by atoms with Crippen LogP contribution in [0.5, 0.6) is 5.75 Å². The van der Waals surface area contributed by atoms with E-state index >= 15 is 0 Å². The largest absolute Gasteiger partial charge is 0.494 e. The van der Waals surface area contributed by atoms with Gasteiger partial charge in [0.25, 0.3) is 0 Å². The predicted molar refractivity (Wildman–Crippen MR) is 80.4 cm³/mol. The number of likely N-dealkylation sites (tertiary alicyclic amines) is 1. The first-order chi connectivity index (χ1) is 10.2. The van der Waals surface area contributed by atoms with E-state index in [1.54, 1.807) is 0 Å². The molecule has 0 amide bonds. The Morgan fingerprint density at radius 3 is 2.90 bits per heavy atom. The Balaban J connectivity index is 1.34. The van der Waals surface area contributed by atoms with E-state index in [4.69, 9.17) is 4.74 Å². The second-order valence-electron chi connectivity index (χ2n) is 6.30. The van der Waals surface area contributed by atoms with Gasteiger partial charge in [-0.05, 0) is 56.8 Å². The van der Waals surface area contributed by atoms with Crippen molar-refractivity contribution in [1.82, 2.24) is 4.90 Å². The van der Waals surface area contributed by atoms with Crippen molar-refractivity contribution in [3.63, 3.8) is 0 Å². The maximum atomic E-state index is 11.3. The third-order valence-corrected chi connectivity index (χ3v) is 4.84. The smallest absolute Gasteiger partial charge is 0.311 e.